The molecule has 0 fully saturated rings. The van der Waals surface area contributed by atoms with Crippen molar-refractivity contribution in [1.29, 1.82) is 5.26 Å². The fourth-order valence-corrected chi connectivity index (χ4v) is 2.42. The van der Waals surface area contributed by atoms with Gasteiger partial charge in [0, 0.05) is 11.6 Å². The highest BCUT2D eigenvalue weighted by atomic mass is 16.6. The minimum atomic E-state index is -0.669. The van der Waals surface area contributed by atoms with Crippen molar-refractivity contribution in [1.82, 2.24) is 0 Å². The SMILES string of the molecule is CCC/C(=C/C#N)c1ccc2c(c1)C(C)(C)OC(=O)N2. The third-order valence-electron chi connectivity index (χ3n) is 3.38. The number of allylic oxidation sites excluding steroid dienone is 2. The molecule has 0 bridgehead atoms. The van der Waals surface area contributed by atoms with E-state index in [1.54, 1.807) is 6.08 Å². The van der Waals surface area contributed by atoms with E-state index < -0.39 is 11.7 Å². The van der Waals surface area contributed by atoms with E-state index >= 15 is 0 Å². The summed E-state index contributed by atoms with van der Waals surface area (Å²) in [6.07, 6.45) is 2.97. The lowest BCUT2D eigenvalue weighted by molar-refractivity contribution is 0.0420. The molecule has 1 N–H and O–H groups in total. The quantitative estimate of drug-likeness (QED) is 0.837. The van der Waals surface area contributed by atoms with E-state index in [1.165, 1.54) is 0 Å². The summed E-state index contributed by atoms with van der Waals surface area (Å²) in [4.78, 5) is 11.5. The number of hydrogen-bond donors (Lipinski definition) is 1. The Hall–Kier alpha value is -2.28. The van der Waals surface area contributed by atoms with Crippen molar-refractivity contribution in [3.05, 3.63) is 35.4 Å². The number of anilines is 1. The number of cyclic esters (lactones) is 1. The van der Waals surface area contributed by atoms with Crippen molar-refractivity contribution >= 4 is 17.4 Å². The molecule has 0 saturated heterocycles. The number of ether oxygens (including phenoxy) is 1. The molecule has 0 aliphatic carbocycles. The lowest BCUT2D eigenvalue weighted by atomic mass is 9.90. The van der Waals surface area contributed by atoms with Crippen LogP contribution in [0.3, 0.4) is 0 Å². The monoisotopic (exact) mass is 270 g/mol. The van der Waals surface area contributed by atoms with Gasteiger partial charge in [-0.05, 0) is 43.5 Å². The van der Waals surface area contributed by atoms with Gasteiger partial charge in [-0.3, -0.25) is 5.32 Å². The van der Waals surface area contributed by atoms with E-state index in [9.17, 15) is 4.79 Å². The smallest absolute Gasteiger partial charge is 0.412 e. The number of nitrogens with zero attached hydrogens (tertiary/aromatic N) is 1. The number of amides is 1. The molecular weight excluding hydrogens is 252 g/mol. The zero-order chi connectivity index (χ0) is 14.8. The molecular formula is C16H18N2O2. The third-order valence-corrected chi connectivity index (χ3v) is 3.38. The maximum absolute atomic E-state index is 11.5. The molecule has 1 heterocycles. The molecule has 0 saturated carbocycles. The first-order valence-corrected chi connectivity index (χ1v) is 6.71. The van der Waals surface area contributed by atoms with E-state index in [4.69, 9.17) is 10.00 Å². The Labute approximate surface area is 119 Å². The van der Waals surface area contributed by atoms with Gasteiger partial charge in [0.15, 0.2) is 0 Å². The van der Waals surface area contributed by atoms with Crippen LogP contribution in [-0.2, 0) is 10.3 Å². The predicted molar refractivity (Wildman–Crippen MR) is 78.1 cm³/mol. The Balaban J connectivity index is 2.49. The molecule has 1 aliphatic rings. The Morgan fingerprint density at radius 1 is 1.50 bits per heavy atom. The van der Waals surface area contributed by atoms with Crippen LogP contribution in [-0.4, -0.2) is 6.09 Å². The van der Waals surface area contributed by atoms with Crippen molar-refractivity contribution in [2.45, 2.75) is 39.2 Å². The molecule has 0 aromatic heterocycles. The molecule has 4 nitrogen and oxygen atoms in total. The summed E-state index contributed by atoms with van der Waals surface area (Å²) in [7, 11) is 0. The highest BCUT2D eigenvalue weighted by molar-refractivity contribution is 5.89. The Morgan fingerprint density at radius 2 is 2.25 bits per heavy atom. The maximum atomic E-state index is 11.5. The molecule has 0 spiro atoms. The number of rotatable bonds is 3. The zero-order valence-corrected chi connectivity index (χ0v) is 12.0. The van der Waals surface area contributed by atoms with Gasteiger partial charge in [0.05, 0.1) is 11.8 Å². The van der Waals surface area contributed by atoms with Crippen molar-refractivity contribution in [3.8, 4) is 6.07 Å². The molecule has 1 aromatic rings. The molecule has 1 aromatic carbocycles. The molecule has 4 heteroatoms. The second kappa shape index (κ2) is 5.38. The van der Waals surface area contributed by atoms with Crippen molar-refractivity contribution in [2.24, 2.45) is 0 Å². The van der Waals surface area contributed by atoms with Gasteiger partial charge < -0.3 is 4.74 Å². The van der Waals surface area contributed by atoms with Crippen molar-refractivity contribution in [2.75, 3.05) is 5.32 Å². The van der Waals surface area contributed by atoms with E-state index in [0.29, 0.717) is 0 Å². The van der Waals surface area contributed by atoms with Crippen LogP contribution < -0.4 is 5.32 Å². The highest BCUT2D eigenvalue weighted by Crippen LogP contribution is 2.37. The standard InChI is InChI=1S/C16H18N2O2/c1-4-5-11(8-9-17)12-6-7-14-13(10-12)16(2,3)20-15(19)18-14/h6-8,10H,4-5H2,1-3H3,(H,18,19)/b11-8-. The third kappa shape index (κ3) is 2.67. The van der Waals surface area contributed by atoms with Gasteiger partial charge in [0.2, 0.25) is 0 Å². The molecule has 104 valence electrons. The van der Waals surface area contributed by atoms with E-state index in [-0.39, 0.29) is 0 Å². The molecule has 20 heavy (non-hydrogen) atoms. The van der Waals surface area contributed by atoms with Crippen LogP contribution in [0.4, 0.5) is 10.5 Å². The second-order valence-corrected chi connectivity index (χ2v) is 5.33. The minimum absolute atomic E-state index is 0.434. The van der Waals surface area contributed by atoms with Crippen molar-refractivity contribution in [3.63, 3.8) is 0 Å². The number of fused-ring (bicyclic) bond motifs is 1. The van der Waals surface area contributed by atoms with Gasteiger partial charge in [0.1, 0.15) is 5.60 Å². The maximum Gasteiger partial charge on any atom is 0.412 e. The zero-order valence-electron chi connectivity index (χ0n) is 12.0. The fourth-order valence-electron chi connectivity index (χ4n) is 2.42. The van der Waals surface area contributed by atoms with Crippen LogP contribution >= 0.6 is 0 Å². The molecule has 0 atom stereocenters. The first-order valence-electron chi connectivity index (χ1n) is 6.71. The highest BCUT2D eigenvalue weighted by Gasteiger charge is 2.33. The number of benzene rings is 1. The van der Waals surface area contributed by atoms with Crippen LogP contribution in [0.5, 0.6) is 0 Å². The average Bonchev–Trinajstić information content (AvgIpc) is 2.37. The Morgan fingerprint density at radius 3 is 2.90 bits per heavy atom. The van der Waals surface area contributed by atoms with Gasteiger partial charge in [-0.25, -0.2) is 4.79 Å². The Kier molecular flexibility index (Phi) is 3.80. The van der Waals surface area contributed by atoms with Gasteiger partial charge in [0.25, 0.3) is 0 Å². The summed E-state index contributed by atoms with van der Waals surface area (Å²) in [5.74, 6) is 0. The Bertz CT molecular complexity index is 609. The lowest BCUT2D eigenvalue weighted by Crippen LogP contribution is -2.34. The van der Waals surface area contributed by atoms with Gasteiger partial charge in [-0.1, -0.05) is 19.4 Å². The summed E-state index contributed by atoms with van der Waals surface area (Å²) in [6, 6.07) is 7.89. The molecule has 0 radical (unpaired) electrons. The summed E-state index contributed by atoms with van der Waals surface area (Å²) in [6.45, 7) is 5.81. The topological polar surface area (TPSA) is 62.1 Å². The number of nitrogens with one attached hydrogen (secondary N) is 1. The normalized spacial score (nSPS) is 16.7. The molecule has 1 aliphatic heterocycles. The van der Waals surface area contributed by atoms with Gasteiger partial charge in [-0.15, -0.1) is 0 Å². The van der Waals surface area contributed by atoms with Crippen LogP contribution in [0.2, 0.25) is 0 Å². The van der Waals surface area contributed by atoms with Crippen molar-refractivity contribution < 1.29 is 9.53 Å². The molecule has 2 rings (SSSR count). The number of carbonyl (C=O) groups is 1. The minimum Gasteiger partial charge on any atom is -0.438 e. The largest absolute Gasteiger partial charge is 0.438 e. The number of hydrogen-bond acceptors (Lipinski definition) is 3. The van der Waals surface area contributed by atoms with E-state index in [0.717, 1.165) is 35.2 Å². The summed E-state index contributed by atoms with van der Waals surface area (Å²) >= 11 is 0. The summed E-state index contributed by atoms with van der Waals surface area (Å²) in [5.41, 5.74) is 3.03. The average molecular weight is 270 g/mol. The molecule has 1 amide bonds. The predicted octanol–water partition coefficient (Wildman–Crippen LogP) is 4.19. The first kappa shape index (κ1) is 14.1. The first-order chi connectivity index (χ1) is 9.47. The number of nitriles is 1. The lowest BCUT2D eigenvalue weighted by Gasteiger charge is -2.33. The van der Waals surface area contributed by atoms with Gasteiger partial charge >= 0.3 is 6.09 Å². The van der Waals surface area contributed by atoms with Crippen LogP contribution in [0.25, 0.3) is 5.57 Å². The summed E-state index contributed by atoms with van der Waals surface area (Å²) < 4.78 is 5.32. The van der Waals surface area contributed by atoms with E-state index in [2.05, 4.69) is 18.3 Å². The van der Waals surface area contributed by atoms with Crippen LogP contribution in [0.15, 0.2) is 24.3 Å². The van der Waals surface area contributed by atoms with E-state index in [1.807, 2.05) is 32.0 Å². The second-order valence-electron chi connectivity index (χ2n) is 5.33. The van der Waals surface area contributed by atoms with Gasteiger partial charge in [-0.2, -0.15) is 5.26 Å². The summed E-state index contributed by atoms with van der Waals surface area (Å²) in [5, 5.41) is 11.6. The number of carbonyl (C=O) groups excluding carboxylic acids is 1. The molecule has 0 unspecified atom stereocenters. The van der Waals surface area contributed by atoms with Crippen LogP contribution in [0.1, 0.15) is 44.7 Å². The van der Waals surface area contributed by atoms with Crippen LogP contribution in [0, 0.1) is 11.3 Å². The fraction of sp³-hybridized carbons (Fsp3) is 0.375.